The second-order valence-electron chi connectivity index (χ2n) is 8.55. The Balaban J connectivity index is 1.58. The molecule has 1 fully saturated rings. The molecule has 4 aromatic rings. The molecular weight excluding hydrogens is 478 g/mol. The molecule has 1 atom stereocenters. The number of nitrogens with zero attached hydrogens (tertiary/aromatic N) is 6. The van der Waals surface area contributed by atoms with Gasteiger partial charge >= 0.3 is 0 Å². The van der Waals surface area contributed by atoms with E-state index in [1.807, 2.05) is 4.90 Å². The maximum Gasteiger partial charge on any atom is 0.246 e. The molecule has 4 heterocycles. The molecule has 2 aromatic carbocycles. The molecule has 2 aliphatic heterocycles. The van der Waals surface area contributed by atoms with Gasteiger partial charge in [-0.2, -0.15) is 0 Å². The molecule has 178 valence electrons. The number of aromatic nitrogens is 4. The predicted molar refractivity (Wildman–Crippen MR) is 128 cm³/mol. The first-order valence-corrected chi connectivity index (χ1v) is 11.3. The number of hydrogen-bond donors (Lipinski definition) is 0. The molecule has 1 saturated heterocycles. The lowest BCUT2D eigenvalue weighted by atomic mass is 9.99. The average molecular weight is 497 g/mol. The molecule has 0 radical (unpaired) electrons. The monoisotopic (exact) mass is 496 g/mol. The number of carbonyl (C=O) groups excluding carboxylic acids is 1. The fraction of sp³-hybridized carbons (Fsp3) is 0.250. The number of benzene rings is 2. The molecule has 11 heteroatoms. The lowest BCUT2D eigenvalue weighted by Crippen LogP contribution is -2.56. The summed E-state index contributed by atoms with van der Waals surface area (Å²) < 4.78 is 39.1. The van der Waals surface area contributed by atoms with Crippen LogP contribution < -0.4 is 9.64 Å². The third kappa shape index (κ3) is 3.09. The van der Waals surface area contributed by atoms with Crippen molar-refractivity contribution in [1.82, 2.24) is 24.4 Å². The highest BCUT2D eigenvalue weighted by atomic mass is 35.5. The topological polar surface area (TPSA) is 76.4 Å². The second-order valence-corrected chi connectivity index (χ2v) is 8.92. The fourth-order valence-electron chi connectivity index (χ4n) is 4.96. The molecular formula is C24H19ClF2N6O2. The van der Waals surface area contributed by atoms with E-state index in [0.29, 0.717) is 36.4 Å². The maximum absolute atomic E-state index is 16.1. The van der Waals surface area contributed by atoms with E-state index in [1.165, 1.54) is 24.8 Å². The minimum atomic E-state index is -0.781. The lowest BCUT2D eigenvalue weighted by Gasteiger charge is -2.40. The van der Waals surface area contributed by atoms with Gasteiger partial charge in [0.25, 0.3) is 0 Å². The van der Waals surface area contributed by atoms with Crippen LogP contribution in [0.25, 0.3) is 33.1 Å². The van der Waals surface area contributed by atoms with Crippen molar-refractivity contribution >= 4 is 45.3 Å². The van der Waals surface area contributed by atoms with Gasteiger partial charge in [0, 0.05) is 32.2 Å². The van der Waals surface area contributed by atoms with Crippen LogP contribution in [0.15, 0.2) is 37.4 Å². The zero-order chi connectivity index (χ0) is 24.4. The Bertz CT molecular complexity index is 1550. The quantitative estimate of drug-likeness (QED) is 0.394. The van der Waals surface area contributed by atoms with E-state index in [9.17, 15) is 4.79 Å². The van der Waals surface area contributed by atoms with Crippen LogP contribution in [0.4, 0.5) is 14.6 Å². The van der Waals surface area contributed by atoms with Crippen LogP contribution in [0.3, 0.4) is 0 Å². The number of hydrogen-bond acceptors (Lipinski definition) is 6. The Morgan fingerprint density at radius 1 is 1.20 bits per heavy atom. The first-order valence-electron chi connectivity index (χ1n) is 11.0. The average Bonchev–Trinajstić information content (AvgIpc) is 3.15. The summed E-state index contributed by atoms with van der Waals surface area (Å²) in [5, 5.41) is 0.236. The minimum absolute atomic E-state index is 0.0259. The molecule has 6 rings (SSSR count). The summed E-state index contributed by atoms with van der Waals surface area (Å²) in [4.78, 5) is 28.7. The Morgan fingerprint density at radius 2 is 2.03 bits per heavy atom. The van der Waals surface area contributed by atoms with E-state index in [2.05, 4.69) is 21.5 Å². The smallest absolute Gasteiger partial charge is 0.246 e. The largest absolute Gasteiger partial charge is 0.489 e. The standard InChI is InChI=1S/C24H19ClF2N6O2/c1-3-15(34)32-6-7-33-12(8-32)9-35-23-18-22(28-10-29-24(18)33)20(27)17(19(23)25)16-13(26)4-5-14-21(16)30-11-31(14)2/h3-5,10-12H,1,6-9H2,2H3/t12-/m0/s1. The van der Waals surface area contributed by atoms with Crippen molar-refractivity contribution in [2.75, 3.05) is 31.1 Å². The van der Waals surface area contributed by atoms with Crippen molar-refractivity contribution in [2.24, 2.45) is 7.05 Å². The first-order chi connectivity index (χ1) is 16.9. The van der Waals surface area contributed by atoms with Gasteiger partial charge in [0.05, 0.1) is 39.4 Å². The summed E-state index contributed by atoms with van der Waals surface area (Å²) >= 11 is 6.77. The van der Waals surface area contributed by atoms with E-state index in [1.54, 1.807) is 22.6 Å². The van der Waals surface area contributed by atoms with Crippen LogP contribution in [0.2, 0.25) is 5.02 Å². The number of rotatable bonds is 2. The summed E-state index contributed by atoms with van der Waals surface area (Å²) in [5.41, 5.74) is 0.651. The molecule has 2 aliphatic rings. The van der Waals surface area contributed by atoms with Crippen LogP contribution in [-0.4, -0.2) is 62.6 Å². The second kappa shape index (κ2) is 7.88. The van der Waals surface area contributed by atoms with Crippen molar-refractivity contribution < 1.29 is 18.3 Å². The van der Waals surface area contributed by atoms with E-state index in [4.69, 9.17) is 16.3 Å². The van der Waals surface area contributed by atoms with Gasteiger partial charge in [-0.05, 0) is 18.2 Å². The number of anilines is 1. The van der Waals surface area contributed by atoms with Crippen LogP contribution in [-0.2, 0) is 11.8 Å². The molecule has 0 saturated carbocycles. The van der Waals surface area contributed by atoms with Crippen LogP contribution in [0, 0.1) is 11.6 Å². The van der Waals surface area contributed by atoms with Gasteiger partial charge < -0.3 is 19.1 Å². The van der Waals surface area contributed by atoms with Crippen molar-refractivity contribution in [2.45, 2.75) is 6.04 Å². The van der Waals surface area contributed by atoms with Crippen LogP contribution >= 0.6 is 11.6 Å². The van der Waals surface area contributed by atoms with Crippen molar-refractivity contribution in [1.29, 1.82) is 0 Å². The summed E-state index contributed by atoms with van der Waals surface area (Å²) in [5.74, 6) is -0.983. The third-order valence-corrected chi connectivity index (χ3v) is 7.02. The molecule has 0 N–H and O–H groups in total. The van der Waals surface area contributed by atoms with Crippen LogP contribution in [0.5, 0.6) is 5.75 Å². The molecule has 0 spiro atoms. The molecule has 35 heavy (non-hydrogen) atoms. The zero-order valence-electron chi connectivity index (χ0n) is 18.6. The van der Waals surface area contributed by atoms with E-state index < -0.39 is 11.6 Å². The Morgan fingerprint density at radius 3 is 2.83 bits per heavy atom. The zero-order valence-corrected chi connectivity index (χ0v) is 19.4. The Kier molecular flexibility index (Phi) is 4.89. The lowest BCUT2D eigenvalue weighted by molar-refractivity contribution is -0.126. The van der Waals surface area contributed by atoms with Crippen molar-refractivity contribution in [3.05, 3.63) is 54.1 Å². The number of amides is 1. The number of fused-ring (bicyclic) bond motifs is 3. The summed E-state index contributed by atoms with van der Waals surface area (Å²) in [6.07, 6.45) is 4.07. The van der Waals surface area contributed by atoms with E-state index in [0.717, 1.165) is 0 Å². The van der Waals surface area contributed by atoms with Gasteiger partial charge in [0.2, 0.25) is 5.91 Å². The maximum atomic E-state index is 16.1. The number of aryl methyl sites for hydroxylation is 1. The highest BCUT2D eigenvalue weighted by molar-refractivity contribution is 6.37. The number of piperazine rings is 1. The summed E-state index contributed by atoms with van der Waals surface area (Å²) in [7, 11) is 1.77. The summed E-state index contributed by atoms with van der Waals surface area (Å²) in [6.45, 7) is 5.00. The van der Waals surface area contributed by atoms with E-state index in [-0.39, 0.29) is 51.5 Å². The van der Waals surface area contributed by atoms with Gasteiger partial charge in [-0.1, -0.05) is 18.2 Å². The normalized spacial score (nSPS) is 17.3. The first kappa shape index (κ1) is 21.7. The van der Waals surface area contributed by atoms with Gasteiger partial charge in [-0.3, -0.25) is 4.79 Å². The number of carbonyl (C=O) groups is 1. The number of ether oxygens (including phenoxy) is 1. The predicted octanol–water partition coefficient (Wildman–Crippen LogP) is 3.71. The molecule has 2 aromatic heterocycles. The SMILES string of the molecule is C=CC(=O)N1CCN2c3ncnc4c(F)c(-c5c(F)ccc6c5ncn6C)c(Cl)c(c34)OC[C@@H]2C1. The number of halogens is 3. The van der Waals surface area contributed by atoms with E-state index >= 15 is 8.78 Å². The molecule has 0 aliphatic carbocycles. The van der Waals surface area contributed by atoms with Crippen molar-refractivity contribution in [3.63, 3.8) is 0 Å². The number of imidazole rings is 1. The molecule has 0 bridgehead atoms. The fourth-order valence-corrected chi connectivity index (χ4v) is 5.29. The molecule has 1 amide bonds. The van der Waals surface area contributed by atoms with Crippen molar-refractivity contribution in [3.8, 4) is 16.9 Å². The Hall–Kier alpha value is -3.79. The third-order valence-electron chi connectivity index (χ3n) is 6.66. The van der Waals surface area contributed by atoms with Gasteiger partial charge in [0.1, 0.15) is 30.1 Å². The highest BCUT2D eigenvalue weighted by Gasteiger charge is 2.37. The highest BCUT2D eigenvalue weighted by Crippen LogP contribution is 2.49. The summed E-state index contributed by atoms with van der Waals surface area (Å²) in [6, 6.07) is 2.58. The van der Waals surface area contributed by atoms with Gasteiger partial charge in [-0.15, -0.1) is 0 Å². The molecule has 0 unspecified atom stereocenters. The van der Waals surface area contributed by atoms with Gasteiger partial charge in [0.15, 0.2) is 11.6 Å². The molecule has 8 nitrogen and oxygen atoms in total. The van der Waals surface area contributed by atoms with Gasteiger partial charge in [-0.25, -0.2) is 23.7 Å². The Labute approximate surface area is 203 Å². The van der Waals surface area contributed by atoms with Crippen LogP contribution in [0.1, 0.15) is 0 Å². The minimum Gasteiger partial charge on any atom is -0.489 e.